The molecule has 1 saturated heterocycles. The van der Waals surface area contributed by atoms with Crippen molar-refractivity contribution in [2.45, 2.75) is 33.6 Å². The number of anilines is 2. The molecule has 6 heteroatoms. The van der Waals surface area contributed by atoms with Crippen LogP contribution in [0.4, 0.5) is 11.4 Å². The first-order valence-electron chi connectivity index (χ1n) is 8.28. The van der Waals surface area contributed by atoms with Crippen LogP contribution in [-0.4, -0.2) is 36.7 Å². The van der Waals surface area contributed by atoms with Crippen molar-refractivity contribution in [3.63, 3.8) is 0 Å². The highest BCUT2D eigenvalue weighted by atomic mass is 16.5. The van der Waals surface area contributed by atoms with Gasteiger partial charge in [0.15, 0.2) is 0 Å². The molecule has 3 N–H and O–H groups in total. The summed E-state index contributed by atoms with van der Waals surface area (Å²) in [6.45, 7) is 7.78. The fraction of sp³-hybridized carbons (Fsp3) is 0.556. The third kappa shape index (κ3) is 4.96. The van der Waals surface area contributed by atoms with Crippen molar-refractivity contribution in [1.29, 1.82) is 0 Å². The first-order valence-corrected chi connectivity index (χ1v) is 8.28. The Morgan fingerprint density at radius 3 is 2.46 bits per heavy atom. The monoisotopic (exact) mass is 334 g/mol. The molecule has 0 bridgehead atoms. The highest BCUT2D eigenvalue weighted by Crippen LogP contribution is 2.27. The van der Waals surface area contributed by atoms with Crippen molar-refractivity contribution in [2.75, 3.05) is 30.4 Å². The van der Waals surface area contributed by atoms with Crippen LogP contribution in [0.5, 0.6) is 0 Å². The third-order valence-electron chi connectivity index (χ3n) is 4.12. The third-order valence-corrected chi connectivity index (χ3v) is 4.12. The Balaban J connectivity index is 2.15. The summed E-state index contributed by atoms with van der Waals surface area (Å²) in [5, 5.41) is 15.4. The van der Waals surface area contributed by atoms with Crippen LogP contribution in [-0.2, 0) is 9.53 Å². The number of rotatable bonds is 5. The average molecular weight is 334 g/mol. The summed E-state index contributed by atoms with van der Waals surface area (Å²) in [5.41, 5.74) is 0.832. The Kier molecular flexibility index (Phi) is 5.83. The molecule has 0 unspecified atom stereocenters. The van der Waals surface area contributed by atoms with E-state index in [1.54, 1.807) is 12.1 Å². The molecule has 0 atom stereocenters. The van der Waals surface area contributed by atoms with Crippen molar-refractivity contribution < 1.29 is 19.4 Å². The zero-order valence-electron chi connectivity index (χ0n) is 14.5. The van der Waals surface area contributed by atoms with Gasteiger partial charge >= 0.3 is 5.97 Å². The number of hydrogen-bond donors (Lipinski definition) is 3. The van der Waals surface area contributed by atoms with Gasteiger partial charge in [0.05, 0.1) is 16.9 Å². The van der Waals surface area contributed by atoms with Gasteiger partial charge in [-0.3, -0.25) is 4.79 Å². The van der Waals surface area contributed by atoms with E-state index < -0.39 is 11.4 Å². The second-order valence-electron chi connectivity index (χ2n) is 7.21. The Labute approximate surface area is 142 Å². The molecule has 1 heterocycles. The van der Waals surface area contributed by atoms with Crippen molar-refractivity contribution in [1.82, 2.24) is 0 Å². The zero-order chi connectivity index (χ0) is 17.7. The molecule has 24 heavy (non-hydrogen) atoms. The van der Waals surface area contributed by atoms with Crippen LogP contribution in [0, 0.1) is 11.3 Å². The topological polar surface area (TPSA) is 87.7 Å². The van der Waals surface area contributed by atoms with Crippen molar-refractivity contribution in [3.8, 4) is 0 Å². The summed E-state index contributed by atoms with van der Waals surface area (Å²) >= 11 is 0. The van der Waals surface area contributed by atoms with Crippen molar-refractivity contribution >= 4 is 23.3 Å². The maximum absolute atomic E-state index is 12.3. The second kappa shape index (κ2) is 7.66. The van der Waals surface area contributed by atoms with Gasteiger partial charge in [0.2, 0.25) is 5.91 Å². The van der Waals surface area contributed by atoms with Crippen LogP contribution in [0.25, 0.3) is 0 Å². The fourth-order valence-electron chi connectivity index (χ4n) is 2.45. The standard InChI is InChI=1S/C18H26N2O4/c1-18(2,3)17(23)20-15-10-13(16(21)22)4-5-14(15)19-11-12-6-8-24-9-7-12/h4-5,10,12,19H,6-9,11H2,1-3H3,(H,20,23)(H,21,22). The lowest BCUT2D eigenvalue weighted by atomic mass is 9.95. The molecular weight excluding hydrogens is 308 g/mol. The molecule has 132 valence electrons. The van der Waals surface area contributed by atoms with Crippen LogP contribution >= 0.6 is 0 Å². The predicted octanol–water partition coefficient (Wildman–Crippen LogP) is 3.21. The number of ether oxygens (including phenoxy) is 1. The number of carboxylic acids is 1. The summed E-state index contributed by atoms with van der Waals surface area (Å²) in [7, 11) is 0. The minimum absolute atomic E-state index is 0.149. The molecule has 6 nitrogen and oxygen atoms in total. The van der Waals surface area contributed by atoms with Gasteiger partial charge in [-0.2, -0.15) is 0 Å². The van der Waals surface area contributed by atoms with E-state index in [2.05, 4.69) is 10.6 Å². The van der Waals surface area contributed by atoms with Crippen molar-refractivity contribution in [3.05, 3.63) is 23.8 Å². The number of carbonyl (C=O) groups is 2. The highest BCUT2D eigenvalue weighted by molar-refractivity contribution is 5.99. The molecule has 1 aliphatic heterocycles. The number of benzene rings is 1. The summed E-state index contributed by atoms with van der Waals surface area (Å²) < 4.78 is 5.36. The van der Waals surface area contributed by atoms with E-state index in [9.17, 15) is 14.7 Å². The maximum atomic E-state index is 12.3. The first-order chi connectivity index (χ1) is 11.3. The van der Waals surface area contributed by atoms with E-state index in [4.69, 9.17) is 4.74 Å². The van der Waals surface area contributed by atoms with Gasteiger partial charge in [-0.05, 0) is 37.0 Å². The highest BCUT2D eigenvalue weighted by Gasteiger charge is 2.23. The van der Waals surface area contributed by atoms with Gasteiger partial charge in [0, 0.05) is 25.2 Å². The number of amides is 1. The molecule has 1 aliphatic rings. The second-order valence-corrected chi connectivity index (χ2v) is 7.21. The quantitative estimate of drug-likeness (QED) is 0.769. The smallest absolute Gasteiger partial charge is 0.335 e. The Morgan fingerprint density at radius 2 is 1.88 bits per heavy atom. The largest absolute Gasteiger partial charge is 0.478 e. The normalized spacial score (nSPS) is 15.8. The van der Waals surface area contributed by atoms with E-state index in [-0.39, 0.29) is 11.5 Å². The molecule has 0 spiro atoms. The number of carbonyl (C=O) groups excluding carboxylic acids is 1. The molecule has 0 aromatic heterocycles. The van der Waals surface area contributed by atoms with E-state index in [1.165, 1.54) is 6.07 Å². The first kappa shape index (κ1) is 18.3. The fourth-order valence-corrected chi connectivity index (χ4v) is 2.45. The molecule has 1 aromatic rings. The minimum atomic E-state index is -1.02. The summed E-state index contributed by atoms with van der Waals surface area (Å²) in [6, 6.07) is 4.75. The number of nitrogens with one attached hydrogen (secondary N) is 2. The van der Waals surface area contributed by atoms with Gasteiger partial charge < -0.3 is 20.5 Å². The average Bonchev–Trinajstić information content (AvgIpc) is 2.53. The Bertz CT molecular complexity index is 602. The van der Waals surface area contributed by atoms with Gasteiger partial charge in [0.25, 0.3) is 0 Å². The van der Waals surface area contributed by atoms with E-state index in [1.807, 2.05) is 20.8 Å². The number of hydrogen-bond acceptors (Lipinski definition) is 4. The van der Waals surface area contributed by atoms with Gasteiger partial charge in [-0.1, -0.05) is 20.8 Å². The number of aromatic carboxylic acids is 1. The van der Waals surface area contributed by atoms with Crippen LogP contribution < -0.4 is 10.6 Å². The van der Waals surface area contributed by atoms with Crippen LogP contribution in [0.3, 0.4) is 0 Å². The molecular formula is C18H26N2O4. The van der Waals surface area contributed by atoms with E-state index >= 15 is 0 Å². The Morgan fingerprint density at radius 1 is 1.21 bits per heavy atom. The number of carboxylic acid groups (broad SMARTS) is 1. The summed E-state index contributed by atoms with van der Waals surface area (Å²) in [6.07, 6.45) is 2.01. The van der Waals surface area contributed by atoms with E-state index in [0.717, 1.165) is 38.3 Å². The molecule has 1 amide bonds. The predicted molar refractivity (Wildman–Crippen MR) is 93.5 cm³/mol. The van der Waals surface area contributed by atoms with Crippen LogP contribution in [0.1, 0.15) is 44.0 Å². The molecule has 2 rings (SSSR count). The van der Waals surface area contributed by atoms with Gasteiger partial charge in [0.1, 0.15) is 0 Å². The minimum Gasteiger partial charge on any atom is -0.478 e. The molecule has 0 aliphatic carbocycles. The zero-order valence-corrected chi connectivity index (χ0v) is 14.5. The van der Waals surface area contributed by atoms with Gasteiger partial charge in [-0.25, -0.2) is 4.79 Å². The lowest BCUT2D eigenvalue weighted by Crippen LogP contribution is -2.28. The van der Waals surface area contributed by atoms with Crippen molar-refractivity contribution in [2.24, 2.45) is 11.3 Å². The lowest BCUT2D eigenvalue weighted by Gasteiger charge is -2.24. The SMILES string of the molecule is CC(C)(C)C(=O)Nc1cc(C(=O)O)ccc1NCC1CCOCC1. The molecule has 0 saturated carbocycles. The molecule has 0 radical (unpaired) electrons. The van der Waals surface area contributed by atoms with Gasteiger partial charge in [-0.15, -0.1) is 0 Å². The van der Waals surface area contributed by atoms with Crippen LogP contribution in [0.15, 0.2) is 18.2 Å². The molecule has 1 aromatic carbocycles. The van der Waals surface area contributed by atoms with Crippen LogP contribution in [0.2, 0.25) is 0 Å². The lowest BCUT2D eigenvalue weighted by molar-refractivity contribution is -0.123. The summed E-state index contributed by atoms with van der Waals surface area (Å²) in [5.74, 6) is -0.652. The molecule has 1 fully saturated rings. The Hall–Kier alpha value is -2.08. The summed E-state index contributed by atoms with van der Waals surface area (Å²) in [4.78, 5) is 23.5. The van der Waals surface area contributed by atoms with E-state index in [0.29, 0.717) is 11.6 Å². The maximum Gasteiger partial charge on any atom is 0.335 e.